The normalized spacial score (nSPS) is 31.8. The van der Waals surface area contributed by atoms with E-state index in [0.29, 0.717) is 31.8 Å². The number of aliphatic carboxylic acids is 1. The molecule has 6 heteroatoms. The molecular formula is C13H22N2O3S. The van der Waals surface area contributed by atoms with Gasteiger partial charge in [-0.3, -0.25) is 0 Å². The van der Waals surface area contributed by atoms with Gasteiger partial charge < -0.3 is 15.3 Å². The van der Waals surface area contributed by atoms with E-state index in [1.165, 1.54) is 0 Å². The molecule has 1 heterocycles. The lowest BCUT2D eigenvalue weighted by molar-refractivity contribution is -0.146. The van der Waals surface area contributed by atoms with Gasteiger partial charge in [-0.25, -0.2) is 9.59 Å². The summed E-state index contributed by atoms with van der Waals surface area (Å²) in [7, 11) is 0. The van der Waals surface area contributed by atoms with Crippen LogP contribution in [0.4, 0.5) is 4.79 Å². The lowest BCUT2D eigenvalue weighted by Crippen LogP contribution is -2.60. The van der Waals surface area contributed by atoms with E-state index in [9.17, 15) is 14.7 Å². The molecule has 1 saturated carbocycles. The molecule has 2 fully saturated rings. The van der Waals surface area contributed by atoms with Gasteiger partial charge in [0.2, 0.25) is 0 Å². The van der Waals surface area contributed by atoms with Gasteiger partial charge in [-0.1, -0.05) is 6.92 Å². The standard InChI is InChI=1S/C13H22N2O3S/c1-10-2-4-13(5-3-10,11(16)17)14-12(18)15-6-8-19-9-7-15/h10H,2-9H2,1H3,(H,14,18)(H,16,17). The van der Waals surface area contributed by atoms with Crippen molar-refractivity contribution in [2.75, 3.05) is 24.6 Å². The maximum Gasteiger partial charge on any atom is 0.329 e. The Hall–Kier alpha value is -0.910. The predicted octanol–water partition coefficient (Wildman–Crippen LogP) is 1.78. The highest BCUT2D eigenvalue weighted by atomic mass is 32.2. The molecule has 1 aliphatic heterocycles. The molecule has 0 radical (unpaired) electrons. The Morgan fingerprint density at radius 2 is 1.84 bits per heavy atom. The number of carboxylic acids is 1. The van der Waals surface area contributed by atoms with Crippen molar-refractivity contribution >= 4 is 23.8 Å². The van der Waals surface area contributed by atoms with Crippen LogP contribution in [0.25, 0.3) is 0 Å². The minimum absolute atomic E-state index is 0.211. The third-order valence-electron chi connectivity index (χ3n) is 4.18. The Bertz CT molecular complexity index is 348. The van der Waals surface area contributed by atoms with Crippen LogP contribution in [0.1, 0.15) is 32.6 Å². The lowest BCUT2D eigenvalue weighted by Gasteiger charge is -2.38. The number of hydrogen-bond acceptors (Lipinski definition) is 3. The number of nitrogens with one attached hydrogen (secondary N) is 1. The summed E-state index contributed by atoms with van der Waals surface area (Å²) in [5.41, 5.74) is -1.05. The van der Waals surface area contributed by atoms with Gasteiger partial charge in [0.25, 0.3) is 0 Å². The quantitative estimate of drug-likeness (QED) is 0.812. The third-order valence-corrected chi connectivity index (χ3v) is 5.12. The Morgan fingerprint density at radius 1 is 1.26 bits per heavy atom. The van der Waals surface area contributed by atoms with Crippen molar-refractivity contribution in [2.45, 2.75) is 38.1 Å². The van der Waals surface area contributed by atoms with E-state index in [0.717, 1.165) is 24.3 Å². The van der Waals surface area contributed by atoms with E-state index in [1.54, 1.807) is 4.90 Å². The van der Waals surface area contributed by atoms with E-state index >= 15 is 0 Å². The van der Waals surface area contributed by atoms with Crippen LogP contribution in [-0.4, -0.2) is 52.1 Å². The molecule has 0 unspecified atom stereocenters. The summed E-state index contributed by atoms with van der Waals surface area (Å²) in [5.74, 6) is 1.53. The zero-order chi connectivity index (χ0) is 13.9. The number of rotatable bonds is 2. The summed E-state index contributed by atoms with van der Waals surface area (Å²) in [6.07, 6.45) is 2.81. The van der Waals surface area contributed by atoms with E-state index < -0.39 is 11.5 Å². The minimum Gasteiger partial charge on any atom is -0.480 e. The molecular weight excluding hydrogens is 264 g/mol. The van der Waals surface area contributed by atoms with Crippen molar-refractivity contribution in [1.29, 1.82) is 0 Å². The van der Waals surface area contributed by atoms with Gasteiger partial charge >= 0.3 is 12.0 Å². The zero-order valence-electron chi connectivity index (χ0n) is 11.4. The second-order valence-corrected chi connectivity index (χ2v) is 6.82. The van der Waals surface area contributed by atoms with Gasteiger partial charge in [-0.2, -0.15) is 11.8 Å². The highest BCUT2D eigenvalue weighted by Crippen LogP contribution is 2.32. The van der Waals surface area contributed by atoms with Gasteiger partial charge in [0.1, 0.15) is 5.54 Å². The maximum atomic E-state index is 12.2. The predicted molar refractivity (Wildman–Crippen MR) is 75.4 cm³/mol. The Morgan fingerprint density at radius 3 is 2.37 bits per heavy atom. The molecule has 0 spiro atoms. The molecule has 0 bridgehead atoms. The van der Waals surface area contributed by atoms with E-state index in [4.69, 9.17) is 0 Å². The molecule has 0 atom stereocenters. The van der Waals surface area contributed by atoms with Crippen LogP contribution in [0, 0.1) is 5.92 Å². The molecule has 2 N–H and O–H groups in total. The summed E-state index contributed by atoms with van der Waals surface area (Å²) in [4.78, 5) is 25.5. The third kappa shape index (κ3) is 3.35. The first-order valence-electron chi connectivity index (χ1n) is 6.92. The van der Waals surface area contributed by atoms with Gasteiger partial charge in [0.15, 0.2) is 0 Å². The average Bonchev–Trinajstić information content (AvgIpc) is 2.42. The summed E-state index contributed by atoms with van der Waals surface area (Å²) < 4.78 is 0. The maximum absolute atomic E-state index is 12.2. The van der Waals surface area contributed by atoms with Crippen LogP contribution in [0.3, 0.4) is 0 Å². The summed E-state index contributed by atoms with van der Waals surface area (Å²) in [5, 5.41) is 12.3. The van der Waals surface area contributed by atoms with Crippen LogP contribution in [-0.2, 0) is 4.79 Å². The Balaban J connectivity index is 2.00. The van der Waals surface area contributed by atoms with Crippen molar-refractivity contribution in [3.05, 3.63) is 0 Å². The number of amides is 2. The monoisotopic (exact) mass is 286 g/mol. The fourth-order valence-corrected chi connectivity index (χ4v) is 3.60. The number of carboxylic acid groups (broad SMARTS) is 1. The second kappa shape index (κ2) is 6.03. The van der Waals surface area contributed by atoms with Crippen LogP contribution < -0.4 is 5.32 Å². The lowest BCUT2D eigenvalue weighted by atomic mass is 9.77. The molecule has 19 heavy (non-hydrogen) atoms. The molecule has 0 aromatic carbocycles. The van der Waals surface area contributed by atoms with Crippen LogP contribution in [0.15, 0.2) is 0 Å². The number of hydrogen-bond donors (Lipinski definition) is 2. The first-order valence-corrected chi connectivity index (χ1v) is 8.07. The first kappa shape index (κ1) is 14.5. The Labute approximate surface area is 118 Å². The van der Waals surface area contributed by atoms with Crippen LogP contribution in [0.2, 0.25) is 0 Å². The van der Waals surface area contributed by atoms with Gasteiger partial charge in [0, 0.05) is 24.6 Å². The minimum atomic E-state index is -1.05. The molecule has 108 valence electrons. The number of thioether (sulfide) groups is 1. The van der Waals surface area contributed by atoms with Gasteiger partial charge in [-0.05, 0) is 31.6 Å². The Kier molecular flexibility index (Phi) is 4.60. The summed E-state index contributed by atoms with van der Waals surface area (Å²) in [6, 6.07) is -0.211. The fraction of sp³-hybridized carbons (Fsp3) is 0.846. The highest BCUT2D eigenvalue weighted by molar-refractivity contribution is 7.99. The van der Waals surface area contributed by atoms with Gasteiger partial charge in [0.05, 0.1) is 0 Å². The van der Waals surface area contributed by atoms with Gasteiger partial charge in [-0.15, -0.1) is 0 Å². The fourth-order valence-electron chi connectivity index (χ4n) is 2.70. The molecule has 1 saturated heterocycles. The first-order chi connectivity index (χ1) is 9.03. The molecule has 2 amide bonds. The number of carbonyl (C=O) groups is 2. The molecule has 0 aromatic heterocycles. The summed E-state index contributed by atoms with van der Waals surface area (Å²) >= 11 is 1.83. The van der Waals surface area contributed by atoms with Crippen LogP contribution >= 0.6 is 11.8 Å². The van der Waals surface area contributed by atoms with E-state index in [1.807, 2.05) is 11.8 Å². The molecule has 2 rings (SSSR count). The smallest absolute Gasteiger partial charge is 0.329 e. The van der Waals surface area contributed by atoms with Crippen molar-refractivity contribution in [3.63, 3.8) is 0 Å². The number of carbonyl (C=O) groups excluding carboxylic acids is 1. The topological polar surface area (TPSA) is 69.6 Å². The molecule has 2 aliphatic rings. The van der Waals surface area contributed by atoms with E-state index in [2.05, 4.69) is 12.2 Å². The second-order valence-electron chi connectivity index (χ2n) is 5.60. The van der Waals surface area contributed by atoms with Crippen LogP contribution in [0.5, 0.6) is 0 Å². The van der Waals surface area contributed by atoms with Crippen molar-refractivity contribution in [3.8, 4) is 0 Å². The highest BCUT2D eigenvalue weighted by Gasteiger charge is 2.43. The van der Waals surface area contributed by atoms with Crippen molar-refractivity contribution in [1.82, 2.24) is 10.2 Å². The largest absolute Gasteiger partial charge is 0.480 e. The molecule has 0 aromatic rings. The molecule has 5 nitrogen and oxygen atoms in total. The summed E-state index contributed by atoms with van der Waals surface area (Å²) in [6.45, 7) is 3.56. The number of nitrogens with zero attached hydrogens (tertiary/aromatic N) is 1. The number of urea groups is 1. The average molecular weight is 286 g/mol. The van der Waals surface area contributed by atoms with Crippen molar-refractivity contribution in [2.24, 2.45) is 5.92 Å². The van der Waals surface area contributed by atoms with Crippen molar-refractivity contribution < 1.29 is 14.7 Å². The van der Waals surface area contributed by atoms with E-state index in [-0.39, 0.29) is 6.03 Å². The molecule has 1 aliphatic carbocycles. The zero-order valence-corrected chi connectivity index (χ0v) is 12.2. The SMILES string of the molecule is CC1CCC(NC(=O)N2CCSCC2)(C(=O)O)CC1.